The van der Waals surface area contributed by atoms with Crippen LogP contribution in [0.3, 0.4) is 0 Å². The molecule has 0 amide bonds. The third kappa shape index (κ3) is 5.47. The van der Waals surface area contributed by atoms with Gasteiger partial charge in [-0.3, -0.25) is 19.2 Å². The molecule has 1 heterocycles. The van der Waals surface area contributed by atoms with Crippen molar-refractivity contribution in [2.24, 2.45) is 17.3 Å². The van der Waals surface area contributed by atoms with Crippen LogP contribution in [-0.4, -0.2) is 82.8 Å². The van der Waals surface area contributed by atoms with Crippen LogP contribution in [0, 0.1) is 17.3 Å². The Morgan fingerprint density at radius 3 is 2.05 bits per heavy atom. The molecule has 2 aliphatic carbocycles. The summed E-state index contributed by atoms with van der Waals surface area (Å²) in [5, 5.41) is 12.5. The second kappa shape index (κ2) is 11.8. The van der Waals surface area contributed by atoms with Gasteiger partial charge in [0.05, 0.1) is 22.7 Å². The second-order valence-electron chi connectivity index (χ2n) is 13.0. The van der Waals surface area contributed by atoms with Crippen molar-refractivity contribution in [1.29, 1.82) is 0 Å². The number of aliphatic hydroxyl groups is 1. The van der Waals surface area contributed by atoms with Gasteiger partial charge in [-0.25, -0.2) is 4.79 Å². The summed E-state index contributed by atoms with van der Waals surface area (Å²) in [4.78, 5) is 64.5. The molecule has 1 aromatic rings. The van der Waals surface area contributed by atoms with E-state index in [9.17, 15) is 29.1 Å². The Hall–Kier alpha value is -3.51. The Morgan fingerprint density at radius 1 is 0.886 bits per heavy atom. The van der Waals surface area contributed by atoms with Crippen LogP contribution in [0.1, 0.15) is 78.6 Å². The molecule has 12 nitrogen and oxygen atoms in total. The van der Waals surface area contributed by atoms with E-state index in [2.05, 4.69) is 0 Å². The van der Waals surface area contributed by atoms with E-state index in [0.717, 1.165) is 0 Å². The van der Waals surface area contributed by atoms with E-state index in [0.29, 0.717) is 0 Å². The SMILES string of the molecule is CC(=O)OC[C@]12[C@@H](OC(=O)c3ccccc3)C[C@@H]3[C@@H](OC(C)=O)[C@]1(OC3(C)C)[C@@](C)(O)C[C@H](OC(C)=O)[C@@H]2OC(=O)C(C)C. The van der Waals surface area contributed by atoms with E-state index >= 15 is 0 Å². The lowest BCUT2D eigenvalue weighted by Gasteiger charge is -2.65. The topological polar surface area (TPSA) is 161 Å². The molecular weight excluding hydrogens is 576 g/mol. The van der Waals surface area contributed by atoms with E-state index in [4.69, 9.17) is 28.4 Å². The second-order valence-corrected chi connectivity index (χ2v) is 13.0. The van der Waals surface area contributed by atoms with Crippen molar-refractivity contribution >= 4 is 29.8 Å². The maximum atomic E-state index is 13.7. The molecular formula is C32H42O12. The zero-order valence-electron chi connectivity index (χ0n) is 26.4. The highest BCUT2D eigenvalue weighted by Gasteiger charge is 2.86. The van der Waals surface area contributed by atoms with Crippen molar-refractivity contribution in [2.75, 3.05) is 6.61 Å². The summed E-state index contributed by atoms with van der Waals surface area (Å²) in [7, 11) is 0. The first-order valence-electron chi connectivity index (χ1n) is 14.8. The van der Waals surface area contributed by atoms with Crippen molar-refractivity contribution < 1.29 is 57.5 Å². The molecule has 3 fully saturated rings. The highest BCUT2D eigenvalue weighted by Crippen LogP contribution is 2.69. The van der Waals surface area contributed by atoms with Crippen LogP contribution >= 0.6 is 0 Å². The first-order valence-corrected chi connectivity index (χ1v) is 14.8. The van der Waals surface area contributed by atoms with Crippen LogP contribution in [0.15, 0.2) is 30.3 Å². The summed E-state index contributed by atoms with van der Waals surface area (Å²) in [6.07, 6.45) is -5.54. The Balaban J connectivity index is 2.07. The number of hydrogen-bond donors (Lipinski definition) is 1. The summed E-state index contributed by atoms with van der Waals surface area (Å²) < 4.78 is 36.5. The van der Waals surface area contributed by atoms with Gasteiger partial charge >= 0.3 is 29.8 Å². The molecule has 0 unspecified atom stereocenters. The highest BCUT2D eigenvalue weighted by molar-refractivity contribution is 5.89. The van der Waals surface area contributed by atoms with E-state index in [1.807, 2.05) is 0 Å². The van der Waals surface area contributed by atoms with Crippen molar-refractivity contribution in [3.8, 4) is 0 Å². The third-order valence-electron chi connectivity index (χ3n) is 9.16. The summed E-state index contributed by atoms with van der Waals surface area (Å²) >= 11 is 0. The number of carbonyl (C=O) groups excluding carboxylic acids is 5. The minimum atomic E-state index is -1.99. The Kier molecular flexibility index (Phi) is 8.93. The first kappa shape index (κ1) is 33.4. The molecule has 12 heteroatoms. The van der Waals surface area contributed by atoms with E-state index in [1.54, 1.807) is 58.0 Å². The predicted octanol–water partition coefficient (Wildman–Crippen LogP) is 2.91. The molecule has 0 radical (unpaired) electrons. The molecule has 44 heavy (non-hydrogen) atoms. The number of hydrogen-bond acceptors (Lipinski definition) is 12. The zero-order chi connectivity index (χ0) is 32.8. The minimum absolute atomic E-state index is 0.00879. The summed E-state index contributed by atoms with van der Waals surface area (Å²) in [6, 6.07) is 8.18. The number of fused-ring (bicyclic) bond motifs is 1. The van der Waals surface area contributed by atoms with E-state index in [-0.39, 0.29) is 18.4 Å². The van der Waals surface area contributed by atoms with Crippen molar-refractivity contribution in [2.45, 2.75) is 109 Å². The largest absolute Gasteiger partial charge is 0.465 e. The molecule has 2 bridgehead atoms. The lowest BCUT2D eigenvalue weighted by molar-refractivity contribution is -0.356. The van der Waals surface area contributed by atoms with Crippen molar-refractivity contribution in [3.05, 3.63) is 35.9 Å². The monoisotopic (exact) mass is 618 g/mol. The number of rotatable bonds is 8. The van der Waals surface area contributed by atoms with E-state index < -0.39 is 94.9 Å². The smallest absolute Gasteiger partial charge is 0.338 e. The lowest BCUT2D eigenvalue weighted by Crippen LogP contribution is -2.83. The van der Waals surface area contributed by atoms with Crippen LogP contribution < -0.4 is 0 Å². The minimum Gasteiger partial charge on any atom is -0.465 e. The molecule has 1 saturated heterocycles. The molecule has 4 rings (SSSR count). The van der Waals surface area contributed by atoms with Gasteiger partial charge in [-0.1, -0.05) is 32.0 Å². The number of esters is 5. The average Bonchev–Trinajstić information content (AvgIpc) is 3.07. The molecule has 3 aliphatic rings. The molecule has 1 spiro atoms. The van der Waals surface area contributed by atoms with Gasteiger partial charge in [0.15, 0.2) is 11.7 Å². The van der Waals surface area contributed by atoms with Gasteiger partial charge in [0, 0.05) is 33.1 Å². The van der Waals surface area contributed by atoms with Gasteiger partial charge in [-0.05, 0) is 39.3 Å². The summed E-state index contributed by atoms with van der Waals surface area (Å²) in [6.45, 7) is 11.1. The predicted molar refractivity (Wildman–Crippen MR) is 152 cm³/mol. The highest BCUT2D eigenvalue weighted by atomic mass is 16.6. The zero-order valence-corrected chi connectivity index (χ0v) is 26.4. The van der Waals surface area contributed by atoms with E-state index in [1.165, 1.54) is 27.7 Å². The van der Waals surface area contributed by atoms with Gasteiger partial charge in [0.2, 0.25) is 0 Å². The fraction of sp³-hybridized carbons (Fsp3) is 0.656. The molecule has 8 atom stereocenters. The van der Waals surface area contributed by atoms with Crippen LogP contribution in [0.25, 0.3) is 0 Å². The number of benzene rings is 1. The van der Waals surface area contributed by atoms with Gasteiger partial charge in [-0.2, -0.15) is 0 Å². The number of carbonyl (C=O) groups is 5. The molecule has 1 N–H and O–H groups in total. The van der Waals surface area contributed by atoms with Gasteiger partial charge in [0.1, 0.15) is 30.3 Å². The quantitative estimate of drug-likeness (QED) is 0.336. The van der Waals surface area contributed by atoms with Crippen LogP contribution in [0.5, 0.6) is 0 Å². The van der Waals surface area contributed by atoms with Crippen molar-refractivity contribution in [3.63, 3.8) is 0 Å². The Morgan fingerprint density at radius 2 is 1.50 bits per heavy atom. The van der Waals surface area contributed by atoms with Crippen molar-refractivity contribution in [1.82, 2.24) is 0 Å². The van der Waals surface area contributed by atoms with Crippen LogP contribution in [0.2, 0.25) is 0 Å². The first-order chi connectivity index (χ1) is 20.4. The van der Waals surface area contributed by atoms with Gasteiger partial charge < -0.3 is 33.5 Å². The Labute approximate surface area is 256 Å². The lowest BCUT2D eigenvalue weighted by atomic mass is 9.46. The summed E-state index contributed by atoms with van der Waals surface area (Å²) in [5.74, 6) is -4.84. The maximum absolute atomic E-state index is 13.7. The maximum Gasteiger partial charge on any atom is 0.338 e. The third-order valence-corrected chi connectivity index (χ3v) is 9.16. The Bertz CT molecular complexity index is 1300. The standard InChI is InChI=1S/C32H42O12/c1-17(2)27(36)43-26-23(40-19(4)34)15-30(8,38)32-25(41-20(5)35)22(29(6,7)44-32)14-24(31(26,32)16-39-18(3)33)42-28(37)21-12-10-9-11-13-21/h9-13,17,22-26,38H,14-16H2,1-8H3/t22-,23+,24+,25-,26+,30+,31-,32+/m1/s1. The normalized spacial score (nSPS) is 35.2. The van der Waals surface area contributed by atoms with Crippen LogP contribution in [-0.2, 0) is 47.6 Å². The molecule has 242 valence electrons. The number of ether oxygens (including phenoxy) is 6. The van der Waals surface area contributed by atoms with Gasteiger partial charge in [0.25, 0.3) is 0 Å². The average molecular weight is 619 g/mol. The summed E-state index contributed by atoms with van der Waals surface area (Å²) in [5.41, 5.74) is -6.81. The van der Waals surface area contributed by atoms with Crippen LogP contribution in [0.4, 0.5) is 0 Å². The fourth-order valence-corrected chi connectivity index (χ4v) is 7.47. The van der Waals surface area contributed by atoms with Gasteiger partial charge in [-0.15, -0.1) is 0 Å². The fourth-order valence-electron chi connectivity index (χ4n) is 7.47. The molecule has 1 aliphatic heterocycles. The molecule has 0 aromatic heterocycles. The molecule has 2 saturated carbocycles. The molecule has 1 aromatic carbocycles.